The van der Waals surface area contributed by atoms with Crippen LogP contribution in [0.15, 0.2) is 152 Å². The van der Waals surface area contributed by atoms with Crippen LogP contribution in [0.5, 0.6) is 0 Å². The van der Waals surface area contributed by atoms with Gasteiger partial charge in [0.2, 0.25) is 0 Å². The van der Waals surface area contributed by atoms with Gasteiger partial charge in [-0.3, -0.25) is 0 Å². The van der Waals surface area contributed by atoms with Crippen molar-refractivity contribution in [2.24, 2.45) is 0 Å². The van der Waals surface area contributed by atoms with Crippen LogP contribution in [0.25, 0.3) is 76.5 Å². The predicted octanol–water partition coefficient (Wildman–Crippen LogP) is 12.6. The van der Waals surface area contributed by atoms with E-state index in [2.05, 4.69) is 172 Å². The Morgan fingerprint density at radius 1 is 0.318 bits per heavy atom. The van der Waals surface area contributed by atoms with Gasteiger partial charge in [-0.1, -0.05) is 166 Å². The molecule has 0 aromatic heterocycles. The van der Waals surface area contributed by atoms with Gasteiger partial charge in [-0.25, -0.2) is 0 Å². The van der Waals surface area contributed by atoms with E-state index in [0.717, 1.165) is 0 Å². The molecule has 0 saturated heterocycles. The second-order valence-electron chi connectivity index (χ2n) is 12.9. The smallest absolute Gasteiger partial charge is 0.00262 e. The van der Waals surface area contributed by atoms with E-state index >= 15 is 0 Å². The van der Waals surface area contributed by atoms with E-state index in [1.165, 1.54) is 82.0 Å². The zero-order valence-corrected chi connectivity index (χ0v) is 25.4. The number of hydrogen-bond acceptors (Lipinski definition) is 0. The van der Waals surface area contributed by atoms with Gasteiger partial charge in [0.25, 0.3) is 0 Å². The van der Waals surface area contributed by atoms with Crippen LogP contribution in [0.2, 0.25) is 0 Å². The van der Waals surface area contributed by atoms with Gasteiger partial charge in [0.05, 0.1) is 0 Å². The molecule has 0 fully saturated rings. The summed E-state index contributed by atoms with van der Waals surface area (Å²) in [6.07, 6.45) is 0. The van der Waals surface area contributed by atoms with E-state index in [1.807, 2.05) is 0 Å². The van der Waals surface area contributed by atoms with Gasteiger partial charge in [0.1, 0.15) is 0 Å². The van der Waals surface area contributed by atoms with Gasteiger partial charge >= 0.3 is 0 Å². The van der Waals surface area contributed by atoms with Gasteiger partial charge in [-0.05, 0) is 93.5 Å². The first-order valence-electron chi connectivity index (χ1n) is 15.5. The van der Waals surface area contributed by atoms with Crippen molar-refractivity contribution >= 4 is 43.1 Å². The monoisotopic (exact) mass is 562 g/mol. The third-order valence-corrected chi connectivity index (χ3v) is 9.17. The van der Waals surface area contributed by atoms with Crippen molar-refractivity contribution in [1.82, 2.24) is 0 Å². The topological polar surface area (TPSA) is 0 Å². The van der Waals surface area contributed by atoms with Crippen molar-refractivity contribution < 1.29 is 0 Å². The van der Waals surface area contributed by atoms with Crippen molar-refractivity contribution in [3.05, 3.63) is 157 Å². The van der Waals surface area contributed by atoms with E-state index in [9.17, 15) is 0 Å². The third-order valence-electron chi connectivity index (χ3n) is 9.17. The number of rotatable bonds is 3. The highest BCUT2D eigenvalue weighted by atomic mass is 14.3. The van der Waals surface area contributed by atoms with Crippen LogP contribution in [-0.4, -0.2) is 0 Å². The lowest BCUT2D eigenvalue weighted by Crippen LogP contribution is -2.13. The second-order valence-corrected chi connectivity index (χ2v) is 12.9. The minimum atomic E-state index is 0.0308. The van der Waals surface area contributed by atoms with Crippen molar-refractivity contribution in [1.29, 1.82) is 0 Å². The first-order chi connectivity index (χ1) is 21.5. The van der Waals surface area contributed by atoms with Crippen molar-refractivity contribution in [2.45, 2.75) is 26.2 Å². The second kappa shape index (κ2) is 10.2. The fraction of sp³-hybridized carbons (Fsp3) is 0.0909. The molecule has 0 radical (unpaired) electrons. The van der Waals surface area contributed by atoms with Gasteiger partial charge < -0.3 is 0 Å². The van der Waals surface area contributed by atoms with Gasteiger partial charge in [-0.2, -0.15) is 0 Å². The van der Waals surface area contributed by atoms with E-state index in [1.54, 1.807) is 0 Å². The molecule has 0 aliphatic rings. The normalized spacial score (nSPS) is 12.0. The zero-order valence-electron chi connectivity index (χ0n) is 25.4. The quantitative estimate of drug-likeness (QED) is 0.188. The van der Waals surface area contributed by atoms with Gasteiger partial charge in [0, 0.05) is 0 Å². The van der Waals surface area contributed by atoms with Gasteiger partial charge in [-0.15, -0.1) is 0 Å². The lowest BCUT2D eigenvalue weighted by atomic mass is 9.79. The Hall–Kier alpha value is -5.20. The summed E-state index contributed by atoms with van der Waals surface area (Å²) < 4.78 is 0. The molecule has 0 heteroatoms. The van der Waals surface area contributed by atoms with Crippen LogP contribution >= 0.6 is 0 Å². The van der Waals surface area contributed by atoms with E-state index in [0.29, 0.717) is 0 Å². The molecule has 0 amide bonds. The SMILES string of the molecule is CC(C)(C)c1ccc2ccccc2c1-c1ccc(-c2c3ccccc3c(-c3ccc4ccccc4c3)c3ccccc23)cc1. The van der Waals surface area contributed by atoms with Gasteiger partial charge in [0.15, 0.2) is 0 Å². The molecule has 0 N–H and O–H groups in total. The summed E-state index contributed by atoms with van der Waals surface area (Å²) in [6, 6.07) is 56.0. The first kappa shape index (κ1) is 26.4. The summed E-state index contributed by atoms with van der Waals surface area (Å²) in [5.41, 5.74) is 9.09. The molecule has 44 heavy (non-hydrogen) atoms. The molecule has 8 aromatic carbocycles. The fourth-order valence-electron chi connectivity index (χ4n) is 7.11. The largest absolute Gasteiger partial charge is 0.0616 e. The molecule has 0 bridgehead atoms. The zero-order chi connectivity index (χ0) is 29.8. The summed E-state index contributed by atoms with van der Waals surface area (Å²) in [6.45, 7) is 6.93. The molecule has 210 valence electrons. The lowest BCUT2D eigenvalue weighted by molar-refractivity contribution is 0.593. The summed E-state index contributed by atoms with van der Waals surface area (Å²) in [5.74, 6) is 0. The number of fused-ring (bicyclic) bond motifs is 4. The molecule has 0 heterocycles. The Morgan fingerprint density at radius 3 is 1.30 bits per heavy atom. The Morgan fingerprint density at radius 2 is 0.727 bits per heavy atom. The Labute approximate surface area is 259 Å². The van der Waals surface area contributed by atoms with Crippen molar-refractivity contribution in [2.75, 3.05) is 0 Å². The average Bonchev–Trinajstić information content (AvgIpc) is 3.06. The van der Waals surface area contributed by atoms with Crippen LogP contribution in [0.4, 0.5) is 0 Å². The molecular weight excluding hydrogens is 528 g/mol. The molecule has 0 aliphatic carbocycles. The van der Waals surface area contributed by atoms with Crippen LogP contribution in [0, 0.1) is 0 Å². The minimum Gasteiger partial charge on any atom is -0.0616 e. The molecule has 0 nitrogen and oxygen atoms in total. The first-order valence-corrected chi connectivity index (χ1v) is 15.5. The highest BCUT2D eigenvalue weighted by molar-refractivity contribution is 6.21. The molecule has 0 aliphatic heterocycles. The maximum atomic E-state index is 2.34. The van der Waals surface area contributed by atoms with E-state index in [4.69, 9.17) is 0 Å². The van der Waals surface area contributed by atoms with E-state index < -0.39 is 0 Å². The average molecular weight is 563 g/mol. The molecule has 0 saturated carbocycles. The van der Waals surface area contributed by atoms with Crippen LogP contribution in [0.1, 0.15) is 26.3 Å². The number of hydrogen-bond donors (Lipinski definition) is 0. The lowest BCUT2D eigenvalue weighted by Gasteiger charge is -2.25. The minimum absolute atomic E-state index is 0.0308. The Bertz CT molecular complexity index is 2290. The molecule has 8 rings (SSSR count). The maximum Gasteiger partial charge on any atom is -0.00262 e. The molecular formula is C44H34. The highest BCUT2D eigenvalue weighted by Gasteiger charge is 2.21. The fourth-order valence-corrected chi connectivity index (χ4v) is 7.11. The van der Waals surface area contributed by atoms with Crippen LogP contribution in [0.3, 0.4) is 0 Å². The summed E-state index contributed by atoms with van der Waals surface area (Å²) in [5, 5.41) is 10.2. The predicted molar refractivity (Wildman–Crippen MR) is 191 cm³/mol. The summed E-state index contributed by atoms with van der Waals surface area (Å²) >= 11 is 0. The van der Waals surface area contributed by atoms with E-state index in [-0.39, 0.29) is 5.41 Å². The Balaban J connectivity index is 1.36. The summed E-state index contributed by atoms with van der Waals surface area (Å²) in [4.78, 5) is 0. The molecule has 0 atom stereocenters. The van der Waals surface area contributed by atoms with Crippen molar-refractivity contribution in [3.63, 3.8) is 0 Å². The van der Waals surface area contributed by atoms with Crippen LogP contribution in [-0.2, 0) is 5.41 Å². The maximum absolute atomic E-state index is 2.34. The third kappa shape index (κ3) is 4.29. The highest BCUT2D eigenvalue weighted by Crippen LogP contribution is 2.45. The van der Waals surface area contributed by atoms with Crippen LogP contribution < -0.4 is 0 Å². The molecule has 8 aromatic rings. The molecule has 0 spiro atoms. The summed E-state index contributed by atoms with van der Waals surface area (Å²) in [7, 11) is 0. The van der Waals surface area contributed by atoms with Crippen molar-refractivity contribution in [3.8, 4) is 33.4 Å². The standard InChI is InChI=1S/C44H34/c1-44(2,3)40-27-26-30-13-6-7-15-35(30)43(40)32-23-21-31(22-24-32)41-36-16-8-10-18-38(36)42(39-19-11-9-17-37(39)41)34-25-20-29-12-4-5-14-33(29)28-34/h4-28H,1-3H3. The number of benzene rings is 8. The Kier molecular flexibility index (Phi) is 6.13. The molecule has 0 unspecified atom stereocenters.